The molecule has 0 aliphatic heterocycles. The van der Waals surface area contributed by atoms with Crippen LogP contribution in [0.1, 0.15) is 11.5 Å². The predicted octanol–water partition coefficient (Wildman–Crippen LogP) is 3.92. The molecule has 28 heavy (non-hydrogen) atoms. The van der Waals surface area contributed by atoms with Crippen molar-refractivity contribution >= 4 is 28.6 Å². The van der Waals surface area contributed by atoms with Gasteiger partial charge in [0.05, 0.1) is 10.9 Å². The number of fused-ring (bicyclic) bond motifs is 1. The molecular formula is C16H9ClF4N6O. The lowest BCUT2D eigenvalue weighted by molar-refractivity contribution is -0.159. The van der Waals surface area contributed by atoms with E-state index >= 15 is 0 Å². The summed E-state index contributed by atoms with van der Waals surface area (Å²) in [4.78, 5) is 11.2. The molecule has 0 aliphatic rings. The monoisotopic (exact) mass is 412 g/mol. The summed E-state index contributed by atoms with van der Waals surface area (Å²) in [5.74, 6) is -2.83. The van der Waals surface area contributed by atoms with E-state index in [9.17, 15) is 17.6 Å². The molecule has 0 spiro atoms. The first kappa shape index (κ1) is 18.2. The number of benzene rings is 1. The number of alkyl halides is 3. The zero-order valence-electron chi connectivity index (χ0n) is 13.7. The Morgan fingerprint density at radius 1 is 1.14 bits per heavy atom. The van der Waals surface area contributed by atoms with Crippen LogP contribution in [0.3, 0.4) is 0 Å². The molecule has 0 saturated heterocycles. The number of nitrogens with zero attached hydrogens (tertiary/aromatic N) is 5. The number of rotatable bonds is 3. The summed E-state index contributed by atoms with van der Waals surface area (Å²) >= 11 is 6.02. The van der Waals surface area contributed by atoms with Crippen molar-refractivity contribution in [1.82, 2.24) is 24.7 Å². The van der Waals surface area contributed by atoms with E-state index < -0.39 is 23.7 Å². The Kier molecular flexibility index (Phi) is 4.18. The molecule has 12 heteroatoms. The highest BCUT2D eigenvalue weighted by molar-refractivity contribution is 6.34. The summed E-state index contributed by atoms with van der Waals surface area (Å²) in [6.45, 7) is 0.216. The van der Waals surface area contributed by atoms with Crippen molar-refractivity contribution in [3.8, 4) is 11.4 Å². The molecular weight excluding hydrogens is 404 g/mol. The summed E-state index contributed by atoms with van der Waals surface area (Å²) in [5, 5.41) is 3.96. The van der Waals surface area contributed by atoms with Gasteiger partial charge in [-0.05, 0) is 23.8 Å². The number of hydrogen-bond donors (Lipinski definition) is 1. The zero-order valence-corrected chi connectivity index (χ0v) is 14.5. The van der Waals surface area contributed by atoms with Crippen molar-refractivity contribution in [2.24, 2.45) is 0 Å². The molecule has 0 amide bonds. The molecule has 3 heterocycles. The maximum Gasteiger partial charge on any atom is 0.471 e. The van der Waals surface area contributed by atoms with Crippen molar-refractivity contribution in [3.05, 3.63) is 52.9 Å². The number of halogens is 5. The third-order valence-electron chi connectivity index (χ3n) is 3.89. The van der Waals surface area contributed by atoms with Gasteiger partial charge in [-0.1, -0.05) is 22.8 Å². The van der Waals surface area contributed by atoms with E-state index in [1.54, 1.807) is 16.8 Å². The van der Waals surface area contributed by atoms with E-state index in [-0.39, 0.29) is 23.2 Å². The minimum absolute atomic E-state index is 0.00319. The first-order valence-electron chi connectivity index (χ1n) is 7.70. The van der Waals surface area contributed by atoms with Crippen LogP contribution in [0.25, 0.3) is 22.4 Å². The van der Waals surface area contributed by atoms with Crippen LogP contribution in [0.15, 0.2) is 35.0 Å². The van der Waals surface area contributed by atoms with E-state index in [4.69, 9.17) is 17.3 Å². The highest BCUT2D eigenvalue weighted by atomic mass is 35.5. The minimum atomic E-state index is -4.80. The molecule has 0 aliphatic carbocycles. The molecule has 0 bridgehead atoms. The molecule has 4 aromatic rings. The summed E-state index contributed by atoms with van der Waals surface area (Å²) in [6.07, 6.45) is -3.12. The lowest BCUT2D eigenvalue weighted by Gasteiger charge is -2.07. The van der Waals surface area contributed by atoms with E-state index in [1.807, 2.05) is 0 Å². The number of hydrogen-bond acceptors (Lipinski definition) is 6. The van der Waals surface area contributed by atoms with Crippen LogP contribution in [-0.2, 0) is 12.7 Å². The van der Waals surface area contributed by atoms with Gasteiger partial charge in [0.25, 0.3) is 0 Å². The number of nitrogens with two attached hydrogens (primary N) is 1. The van der Waals surface area contributed by atoms with E-state index in [2.05, 4.69) is 24.6 Å². The summed E-state index contributed by atoms with van der Waals surface area (Å²) < 4.78 is 57.9. The molecule has 7 nitrogen and oxygen atoms in total. The molecule has 0 saturated carbocycles. The molecule has 0 radical (unpaired) electrons. The smallest absolute Gasteiger partial charge is 0.368 e. The molecule has 0 fully saturated rings. The lowest BCUT2D eigenvalue weighted by atomic mass is 10.1. The van der Waals surface area contributed by atoms with Gasteiger partial charge < -0.3 is 14.8 Å². The standard InChI is InChI=1S/C16H9ClF4N6O/c17-11-9-3-4-27(13(9)25-15(22)23-11)6-7-1-2-8(10(18)5-7)12-24-14(28-26-12)16(19,20)21/h1-5H,6H2,(H2,22,23,25). The Morgan fingerprint density at radius 3 is 2.61 bits per heavy atom. The maximum absolute atomic E-state index is 14.4. The van der Waals surface area contributed by atoms with Crippen LogP contribution < -0.4 is 5.73 Å². The van der Waals surface area contributed by atoms with Gasteiger partial charge in [-0.2, -0.15) is 23.1 Å². The fourth-order valence-corrected chi connectivity index (χ4v) is 2.89. The molecule has 0 atom stereocenters. The average Bonchev–Trinajstić information content (AvgIpc) is 3.23. The summed E-state index contributed by atoms with van der Waals surface area (Å²) in [7, 11) is 0. The molecule has 2 N–H and O–H groups in total. The van der Waals surface area contributed by atoms with Gasteiger partial charge in [0.1, 0.15) is 16.6 Å². The number of aromatic nitrogens is 5. The lowest BCUT2D eigenvalue weighted by Crippen LogP contribution is -2.05. The van der Waals surface area contributed by atoms with Gasteiger partial charge in [0, 0.05) is 12.7 Å². The molecule has 3 aromatic heterocycles. The predicted molar refractivity (Wildman–Crippen MR) is 90.7 cm³/mol. The third-order valence-corrected chi connectivity index (χ3v) is 4.17. The Hall–Kier alpha value is -3.21. The topological polar surface area (TPSA) is 95.7 Å². The van der Waals surface area contributed by atoms with Crippen LogP contribution >= 0.6 is 11.6 Å². The SMILES string of the molecule is Nc1nc(Cl)c2ccn(Cc3ccc(-c4noc(C(F)(F)F)n4)c(F)c3)c2n1. The third kappa shape index (κ3) is 3.24. The Morgan fingerprint density at radius 2 is 1.93 bits per heavy atom. The molecule has 1 aromatic carbocycles. The summed E-state index contributed by atoms with van der Waals surface area (Å²) in [5.41, 5.74) is 6.38. The van der Waals surface area contributed by atoms with Crippen molar-refractivity contribution in [2.75, 3.05) is 5.73 Å². The average molecular weight is 413 g/mol. The maximum atomic E-state index is 14.4. The van der Waals surface area contributed by atoms with E-state index in [1.165, 1.54) is 12.1 Å². The fraction of sp³-hybridized carbons (Fsp3) is 0.125. The van der Waals surface area contributed by atoms with Crippen LogP contribution in [0.4, 0.5) is 23.5 Å². The fourth-order valence-electron chi connectivity index (χ4n) is 2.65. The Balaban J connectivity index is 1.65. The minimum Gasteiger partial charge on any atom is -0.368 e. The largest absolute Gasteiger partial charge is 0.471 e. The van der Waals surface area contributed by atoms with E-state index in [0.29, 0.717) is 16.6 Å². The Labute approximate surface area is 158 Å². The van der Waals surface area contributed by atoms with Gasteiger partial charge in [0.2, 0.25) is 11.8 Å². The highest BCUT2D eigenvalue weighted by Crippen LogP contribution is 2.30. The molecule has 4 rings (SSSR count). The van der Waals surface area contributed by atoms with E-state index in [0.717, 1.165) is 6.07 Å². The first-order chi connectivity index (χ1) is 13.2. The van der Waals surface area contributed by atoms with Crippen LogP contribution in [0.5, 0.6) is 0 Å². The van der Waals surface area contributed by atoms with Crippen LogP contribution in [0.2, 0.25) is 5.15 Å². The van der Waals surface area contributed by atoms with Crippen molar-refractivity contribution in [2.45, 2.75) is 12.7 Å². The first-order valence-corrected chi connectivity index (χ1v) is 8.08. The second kappa shape index (κ2) is 6.44. The van der Waals surface area contributed by atoms with Crippen molar-refractivity contribution in [3.63, 3.8) is 0 Å². The van der Waals surface area contributed by atoms with Crippen molar-refractivity contribution < 1.29 is 22.1 Å². The second-order valence-corrected chi connectivity index (χ2v) is 6.15. The molecule has 144 valence electrons. The van der Waals surface area contributed by atoms with Crippen LogP contribution in [-0.4, -0.2) is 24.7 Å². The van der Waals surface area contributed by atoms with Gasteiger partial charge in [0.15, 0.2) is 0 Å². The summed E-state index contributed by atoms with van der Waals surface area (Å²) in [6, 6.07) is 5.66. The van der Waals surface area contributed by atoms with Gasteiger partial charge in [-0.15, -0.1) is 0 Å². The second-order valence-electron chi connectivity index (χ2n) is 5.79. The quantitative estimate of drug-likeness (QED) is 0.404. The van der Waals surface area contributed by atoms with Gasteiger partial charge >= 0.3 is 12.1 Å². The van der Waals surface area contributed by atoms with Crippen LogP contribution in [0, 0.1) is 5.82 Å². The zero-order chi connectivity index (χ0) is 20.1. The number of anilines is 1. The van der Waals surface area contributed by atoms with Crippen molar-refractivity contribution in [1.29, 1.82) is 0 Å². The highest BCUT2D eigenvalue weighted by Gasteiger charge is 2.38. The Bertz CT molecular complexity index is 1190. The van der Waals surface area contributed by atoms with Gasteiger partial charge in [-0.3, -0.25) is 0 Å². The normalized spacial score (nSPS) is 12.0. The van der Waals surface area contributed by atoms with Gasteiger partial charge in [-0.25, -0.2) is 9.37 Å². The molecule has 0 unspecified atom stereocenters. The number of nitrogen functional groups attached to an aromatic ring is 1.